The van der Waals surface area contributed by atoms with Crippen LogP contribution in [0.4, 0.5) is 60.5 Å². The molecule has 1 aliphatic carbocycles. The topological polar surface area (TPSA) is 103 Å². The third-order valence-corrected chi connectivity index (χ3v) is 13.2. The van der Waals surface area contributed by atoms with Crippen molar-refractivity contribution in [3.8, 4) is 0 Å². The number of nitrogens with zero attached hydrogens (tertiary/aromatic N) is 5. The van der Waals surface area contributed by atoms with Crippen LogP contribution in [0.5, 0.6) is 0 Å². The zero-order chi connectivity index (χ0) is 48.4. The van der Waals surface area contributed by atoms with Crippen LogP contribution >= 0.6 is 0 Å². The van der Waals surface area contributed by atoms with E-state index in [-0.39, 0.29) is 53.6 Å². The average Bonchev–Trinajstić information content (AvgIpc) is 3.75. The molecule has 0 fully saturated rings. The van der Waals surface area contributed by atoms with Crippen LogP contribution < -0.4 is 19.6 Å². The standard InChI is InChI=1S/C53H41F6N5O5/c1-2-61-41-18-14-35(52(54,55)56)28-43(41)64(50(67)46(48(61)65)33-13-20-45-32(27-33)23-26-69-45)38-16-11-31(12-17-38)22-25-62-42-19-15-36(53(57,58)59)29-44(42)63(37-8-4-3-5-9-37)51(68)47(49(62)66)40-10-6-7-34-30-60-24-21-39(34)40/h3-12,14-19,21,24,27-30,46-47H,2,13,20,22-23,25-26H2,1H3. The molecule has 0 radical (unpaired) electrons. The number of alkyl halides is 6. The van der Waals surface area contributed by atoms with Gasteiger partial charge in [0.2, 0.25) is 23.6 Å². The van der Waals surface area contributed by atoms with E-state index in [1.165, 1.54) is 28.1 Å². The summed E-state index contributed by atoms with van der Waals surface area (Å²) in [6.07, 6.45) is -3.18. The largest absolute Gasteiger partial charge is 0.497 e. The van der Waals surface area contributed by atoms with E-state index < -0.39 is 58.9 Å². The summed E-state index contributed by atoms with van der Waals surface area (Å²) in [6, 6.07) is 27.1. The van der Waals surface area contributed by atoms with Gasteiger partial charge < -0.3 is 14.5 Å². The molecule has 0 saturated carbocycles. The lowest BCUT2D eigenvalue weighted by molar-refractivity contribution is -0.138. The van der Waals surface area contributed by atoms with E-state index in [1.54, 1.807) is 98.1 Å². The number of anilines is 6. The highest BCUT2D eigenvalue weighted by Crippen LogP contribution is 2.48. The normalized spacial score (nSPS) is 18.7. The van der Waals surface area contributed by atoms with Crippen LogP contribution in [0.3, 0.4) is 0 Å². The van der Waals surface area contributed by atoms with Crippen molar-refractivity contribution in [1.29, 1.82) is 0 Å². The Balaban J connectivity index is 1.05. The Morgan fingerprint density at radius 1 is 0.623 bits per heavy atom. The van der Waals surface area contributed by atoms with Crippen LogP contribution in [0.15, 0.2) is 151 Å². The fourth-order valence-electron chi connectivity index (χ4n) is 9.86. The monoisotopic (exact) mass is 941 g/mol. The highest BCUT2D eigenvalue weighted by atomic mass is 19.4. The molecule has 0 bridgehead atoms. The van der Waals surface area contributed by atoms with Gasteiger partial charge >= 0.3 is 12.4 Å². The van der Waals surface area contributed by atoms with Crippen LogP contribution in [0.2, 0.25) is 0 Å². The summed E-state index contributed by atoms with van der Waals surface area (Å²) >= 11 is 0. The van der Waals surface area contributed by atoms with E-state index in [9.17, 15) is 35.9 Å². The van der Waals surface area contributed by atoms with Gasteiger partial charge in [-0.1, -0.05) is 54.6 Å². The summed E-state index contributed by atoms with van der Waals surface area (Å²) in [5.74, 6) is -4.82. The van der Waals surface area contributed by atoms with Crippen LogP contribution in [-0.2, 0) is 42.7 Å². The molecule has 69 heavy (non-hydrogen) atoms. The maximum atomic E-state index is 15.2. The number of benzene rings is 5. The molecule has 10 rings (SSSR count). The van der Waals surface area contributed by atoms with Gasteiger partial charge in [-0.3, -0.25) is 34.0 Å². The van der Waals surface area contributed by atoms with E-state index in [4.69, 9.17) is 4.74 Å². The summed E-state index contributed by atoms with van der Waals surface area (Å²) in [7, 11) is 0. The van der Waals surface area contributed by atoms with Gasteiger partial charge in [0.05, 0.1) is 46.2 Å². The molecule has 5 aromatic carbocycles. The molecule has 3 aliphatic heterocycles. The second-order valence-electron chi connectivity index (χ2n) is 17.2. The Morgan fingerprint density at radius 2 is 1.25 bits per heavy atom. The minimum absolute atomic E-state index is 0.0544. The molecule has 4 amide bonds. The highest BCUT2D eigenvalue weighted by molar-refractivity contribution is 6.25. The molecule has 0 spiro atoms. The van der Waals surface area contributed by atoms with Crippen molar-refractivity contribution in [3.05, 3.63) is 173 Å². The molecular weight excluding hydrogens is 901 g/mol. The minimum Gasteiger partial charge on any atom is -0.497 e. The van der Waals surface area contributed by atoms with Crippen LogP contribution in [0.25, 0.3) is 10.8 Å². The summed E-state index contributed by atoms with van der Waals surface area (Å²) in [6.45, 7) is 2.09. The Hall–Kier alpha value is -7.75. The van der Waals surface area contributed by atoms with E-state index in [2.05, 4.69) is 4.98 Å². The van der Waals surface area contributed by atoms with Gasteiger partial charge in [0.25, 0.3) is 0 Å². The quantitative estimate of drug-likeness (QED) is 0.111. The Bertz CT molecular complexity index is 3130. The molecular formula is C53H41F6N5O5. The number of hydrogen-bond acceptors (Lipinski definition) is 6. The molecule has 10 nitrogen and oxygen atoms in total. The SMILES string of the molecule is CCN1C(=O)C(C2=CC3=C(CC2)OCC3)C(=O)N(c2ccc(CCN3C(=O)C(c4cccc5cnccc45)C(=O)N(c4ccccc4)c4cc(C(F)(F)F)ccc43)cc2)c2cc(C(F)(F)F)ccc21. The van der Waals surface area contributed by atoms with Crippen LogP contribution in [0, 0.1) is 5.92 Å². The van der Waals surface area contributed by atoms with Crippen molar-refractivity contribution in [3.63, 3.8) is 0 Å². The van der Waals surface area contributed by atoms with E-state index in [0.717, 1.165) is 45.4 Å². The van der Waals surface area contributed by atoms with Gasteiger partial charge in [-0.05, 0) is 114 Å². The first kappa shape index (κ1) is 45.1. The van der Waals surface area contributed by atoms with Crippen molar-refractivity contribution in [1.82, 2.24) is 4.98 Å². The molecule has 6 aromatic rings. The molecule has 4 aliphatic rings. The van der Waals surface area contributed by atoms with E-state index in [1.807, 2.05) is 0 Å². The number of allylic oxidation sites excluding steroid dienone is 2. The van der Waals surface area contributed by atoms with Gasteiger partial charge in [0.1, 0.15) is 11.8 Å². The molecule has 1 aromatic heterocycles. The zero-order valence-electron chi connectivity index (χ0n) is 36.9. The van der Waals surface area contributed by atoms with Crippen molar-refractivity contribution >= 4 is 68.5 Å². The maximum absolute atomic E-state index is 15.2. The molecule has 350 valence electrons. The predicted octanol–water partition coefficient (Wildman–Crippen LogP) is 11.4. The average molecular weight is 942 g/mol. The zero-order valence-corrected chi connectivity index (χ0v) is 36.9. The van der Waals surface area contributed by atoms with Crippen molar-refractivity contribution in [2.45, 2.75) is 50.9 Å². The number of ether oxygens (including phenoxy) is 1. The fourth-order valence-corrected chi connectivity index (χ4v) is 9.86. The predicted molar refractivity (Wildman–Crippen MR) is 247 cm³/mol. The maximum Gasteiger partial charge on any atom is 0.416 e. The number of para-hydroxylation sites is 1. The summed E-state index contributed by atoms with van der Waals surface area (Å²) < 4.78 is 92.1. The first-order chi connectivity index (χ1) is 33.1. The lowest BCUT2D eigenvalue weighted by Crippen LogP contribution is -2.42. The third kappa shape index (κ3) is 8.06. The van der Waals surface area contributed by atoms with E-state index >= 15 is 9.59 Å². The number of rotatable bonds is 8. The number of aromatic nitrogens is 1. The lowest BCUT2D eigenvalue weighted by atomic mass is 9.86. The molecule has 2 atom stereocenters. The van der Waals surface area contributed by atoms with Gasteiger partial charge in [-0.2, -0.15) is 26.3 Å². The summed E-state index contributed by atoms with van der Waals surface area (Å²) in [5.41, 5.74) is 0.582. The van der Waals surface area contributed by atoms with Gasteiger partial charge in [-0.25, -0.2) is 0 Å². The van der Waals surface area contributed by atoms with Crippen molar-refractivity contribution in [2.24, 2.45) is 5.92 Å². The Labute approximate surface area is 391 Å². The second kappa shape index (κ2) is 17.4. The molecule has 0 saturated heterocycles. The lowest BCUT2D eigenvalue weighted by Gasteiger charge is -2.28. The fraction of sp³-hybridized carbons (Fsp3) is 0.226. The number of amides is 4. The van der Waals surface area contributed by atoms with Crippen LogP contribution in [0.1, 0.15) is 54.4 Å². The Kier molecular flexibility index (Phi) is 11.4. The highest BCUT2D eigenvalue weighted by Gasteiger charge is 2.46. The Morgan fingerprint density at radius 3 is 1.90 bits per heavy atom. The number of fused-ring (bicyclic) bond motifs is 3. The number of pyridine rings is 1. The first-order valence-corrected chi connectivity index (χ1v) is 22.4. The molecule has 16 heteroatoms. The third-order valence-electron chi connectivity index (χ3n) is 13.2. The molecule has 0 N–H and O–H groups in total. The summed E-state index contributed by atoms with van der Waals surface area (Å²) in [4.78, 5) is 68.7. The number of hydrogen-bond donors (Lipinski definition) is 0. The van der Waals surface area contributed by atoms with Crippen molar-refractivity contribution < 1.29 is 50.3 Å². The molecule has 4 heterocycles. The number of halogens is 6. The number of carbonyl (C=O) groups is 4. The molecule has 2 unspecified atom stereocenters. The van der Waals surface area contributed by atoms with E-state index in [0.29, 0.717) is 53.3 Å². The number of carbonyl (C=O) groups excluding carboxylic acids is 4. The smallest absolute Gasteiger partial charge is 0.416 e. The van der Waals surface area contributed by atoms with Crippen molar-refractivity contribution in [2.75, 3.05) is 39.3 Å². The van der Waals surface area contributed by atoms with Gasteiger partial charge in [0.15, 0.2) is 0 Å². The first-order valence-electron chi connectivity index (χ1n) is 22.4. The van der Waals surface area contributed by atoms with Gasteiger partial charge in [0, 0.05) is 55.1 Å². The van der Waals surface area contributed by atoms with Crippen LogP contribution in [-0.4, -0.2) is 48.3 Å². The second-order valence-corrected chi connectivity index (χ2v) is 17.2. The summed E-state index contributed by atoms with van der Waals surface area (Å²) in [5, 5.41) is 1.19. The minimum atomic E-state index is -4.80. The van der Waals surface area contributed by atoms with Gasteiger partial charge in [-0.15, -0.1) is 0 Å².